The van der Waals surface area contributed by atoms with Crippen molar-refractivity contribution >= 4 is 29.2 Å². The first-order chi connectivity index (χ1) is 14.1. The van der Waals surface area contributed by atoms with Crippen molar-refractivity contribution in [2.45, 2.75) is 13.1 Å². The molecule has 0 aliphatic heterocycles. The molecule has 0 fully saturated rings. The molecule has 0 radical (unpaired) electrons. The van der Waals surface area contributed by atoms with Crippen LogP contribution in [0.4, 0.5) is 18.9 Å². The molecule has 1 aromatic carbocycles. The van der Waals surface area contributed by atoms with Crippen molar-refractivity contribution in [2.24, 2.45) is 0 Å². The smallest absolute Gasteiger partial charge is 0.417 e. The summed E-state index contributed by atoms with van der Waals surface area (Å²) in [7, 11) is 0. The van der Waals surface area contributed by atoms with E-state index in [0.717, 1.165) is 12.1 Å². The summed E-state index contributed by atoms with van der Waals surface area (Å²) in [5.74, 6) is -1.29. The number of esters is 1. The highest BCUT2D eigenvalue weighted by molar-refractivity contribution is 6.30. The zero-order valence-electron chi connectivity index (χ0n) is 15.4. The second kappa shape index (κ2) is 8.54. The monoisotopic (exact) mass is 438 g/mol. The first-order valence-electron chi connectivity index (χ1n) is 8.46. The zero-order chi connectivity index (χ0) is 21.9. The number of nitrogens with zero attached hydrogens (tertiary/aromatic N) is 3. The number of aromatic nitrogens is 3. The van der Waals surface area contributed by atoms with Crippen LogP contribution in [0.3, 0.4) is 0 Å². The summed E-state index contributed by atoms with van der Waals surface area (Å²) in [6.45, 7) is 0.976. The highest BCUT2D eigenvalue weighted by atomic mass is 35.5. The standard InChI is InChI=1S/C19H14ClF3N4O3/c1-11-15(9-25-27(11)16-6-5-12(8-24-16)19(21,22)23)18(29)30-10-17(28)26-14-4-2-3-13(20)7-14/h2-9H,10H2,1H3,(H,26,28). The summed E-state index contributed by atoms with van der Waals surface area (Å²) < 4.78 is 44.1. The number of hydrogen-bond donors (Lipinski definition) is 1. The molecule has 30 heavy (non-hydrogen) atoms. The highest BCUT2D eigenvalue weighted by Crippen LogP contribution is 2.28. The van der Waals surface area contributed by atoms with Crippen LogP contribution >= 0.6 is 11.6 Å². The lowest BCUT2D eigenvalue weighted by atomic mass is 10.2. The van der Waals surface area contributed by atoms with E-state index in [1.807, 2.05) is 0 Å². The van der Waals surface area contributed by atoms with Gasteiger partial charge in [-0.1, -0.05) is 17.7 Å². The van der Waals surface area contributed by atoms with E-state index >= 15 is 0 Å². The van der Waals surface area contributed by atoms with E-state index < -0.39 is 30.2 Å². The number of pyridine rings is 1. The SMILES string of the molecule is Cc1c(C(=O)OCC(=O)Nc2cccc(Cl)c2)cnn1-c1ccc(C(F)(F)F)cn1. The molecule has 11 heteroatoms. The number of carbonyl (C=O) groups is 2. The number of hydrogen-bond acceptors (Lipinski definition) is 5. The van der Waals surface area contributed by atoms with E-state index in [2.05, 4.69) is 15.4 Å². The van der Waals surface area contributed by atoms with Crippen molar-refractivity contribution in [1.82, 2.24) is 14.8 Å². The third-order valence-corrected chi connectivity index (χ3v) is 4.20. The largest absolute Gasteiger partial charge is 0.452 e. The Morgan fingerprint density at radius 2 is 1.97 bits per heavy atom. The molecule has 0 spiro atoms. The molecule has 0 saturated heterocycles. The molecule has 1 amide bonds. The molecule has 0 atom stereocenters. The fraction of sp³-hybridized carbons (Fsp3) is 0.158. The molecule has 3 aromatic rings. The fourth-order valence-electron chi connectivity index (χ4n) is 2.49. The average Bonchev–Trinajstić information content (AvgIpc) is 3.07. The second-order valence-corrected chi connectivity index (χ2v) is 6.53. The Bertz CT molecular complexity index is 1080. The molecular formula is C19H14ClF3N4O3. The Kier molecular flexibility index (Phi) is 6.06. The normalized spacial score (nSPS) is 11.2. The first-order valence-corrected chi connectivity index (χ1v) is 8.84. The number of benzene rings is 1. The number of nitrogens with one attached hydrogen (secondary N) is 1. The number of anilines is 1. The Morgan fingerprint density at radius 1 is 1.20 bits per heavy atom. The minimum absolute atomic E-state index is 0.0484. The van der Waals surface area contributed by atoms with Gasteiger partial charge in [-0.15, -0.1) is 0 Å². The van der Waals surface area contributed by atoms with Crippen molar-refractivity contribution < 1.29 is 27.5 Å². The third kappa shape index (κ3) is 4.95. The highest BCUT2D eigenvalue weighted by Gasteiger charge is 2.31. The quantitative estimate of drug-likeness (QED) is 0.607. The van der Waals surface area contributed by atoms with E-state index in [-0.39, 0.29) is 11.4 Å². The lowest BCUT2D eigenvalue weighted by Crippen LogP contribution is -2.21. The molecule has 0 bridgehead atoms. The topological polar surface area (TPSA) is 86.1 Å². The molecule has 156 valence electrons. The van der Waals surface area contributed by atoms with Crippen molar-refractivity contribution in [3.63, 3.8) is 0 Å². The minimum atomic E-state index is -4.51. The zero-order valence-corrected chi connectivity index (χ0v) is 16.2. The lowest BCUT2D eigenvalue weighted by Gasteiger charge is -2.08. The lowest BCUT2D eigenvalue weighted by molar-refractivity contribution is -0.137. The summed E-state index contributed by atoms with van der Waals surface area (Å²) in [6.07, 6.45) is -2.65. The molecule has 2 aromatic heterocycles. The molecular weight excluding hydrogens is 425 g/mol. The Morgan fingerprint density at radius 3 is 2.60 bits per heavy atom. The third-order valence-electron chi connectivity index (χ3n) is 3.96. The predicted molar refractivity (Wildman–Crippen MR) is 101 cm³/mol. The van der Waals surface area contributed by atoms with E-state index in [9.17, 15) is 22.8 Å². The van der Waals surface area contributed by atoms with Gasteiger partial charge in [-0.3, -0.25) is 4.79 Å². The number of rotatable bonds is 5. The maximum absolute atomic E-state index is 12.7. The van der Waals surface area contributed by atoms with Gasteiger partial charge in [0.2, 0.25) is 0 Å². The Hall–Kier alpha value is -3.40. The molecule has 3 rings (SSSR count). The van der Waals surface area contributed by atoms with Crippen LogP contribution in [-0.4, -0.2) is 33.2 Å². The summed E-state index contributed by atoms with van der Waals surface area (Å²) in [6, 6.07) is 8.45. The van der Waals surface area contributed by atoms with Crippen molar-refractivity contribution in [3.8, 4) is 5.82 Å². The summed E-state index contributed by atoms with van der Waals surface area (Å²) in [5, 5.41) is 6.92. The van der Waals surface area contributed by atoms with Gasteiger partial charge in [-0.25, -0.2) is 14.5 Å². The van der Waals surface area contributed by atoms with Crippen LogP contribution in [0.15, 0.2) is 48.8 Å². The van der Waals surface area contributed by atoms with Gasteiger partial charge in [0, 0.05) is 16.9 Å². The molecule has 0 aliphatic carbocycles. The Labute approximate surface area is 173 Å². The van der Waals surface area contributed by atoms with Gasteiger partial charge in [0.05, 0.1) is 17.5 Å². The van der Waals surface area contributed by atoms with E-state index in [1.165, 1.54) is 23.9 Å². The van der Waals surface area contributed by atoms with Crippen LogP contribution in [0.2, 0.25) is 5.02 Å². The summed E-state index contributed by atoms with van der Waals surface area (Å²) >= 11 is 5.83. The second-order valence-electron chi connectivity index (χ2n) is 6.09. The van der Waals surface area contributed by atoms with E-state index in [0.29, 0.717) is 22.6 Å². The van der Waals surface area contributed by atoms with Crippen molar-refractivity contribution in [1.29, 1.82) is 0 Å². The van der Waals surface area contributed by atoms with Gasteiger partial charge in [-0.05, 0) is 37.3 Å². The van der Waals surface area contributed by atoms with Crippen molar-refractivity contribution in [2.75, 3.05) is 11.9 Å². The van der Waals surface area contributed by atoms with Gasteiger partial charge in [0.25, 0.3) is 5.91 Å². The molecule has 1 N–H and O–H groups in total. The van der Waals surface area contributed by atoms with Crippen LogP contribution in [0.25, 0.3) is 5.82 Å². The van der Waals surface area contributed by atoms with Crippen LogP contribution < -0.4 is 5.32 Å². The van der Waals surface area contributed by atoms with Gasteiger partial charge in [0.1, 0.15) is 5.56 Å². The molecule has 7 nitrogen and oxygen atoms in total. The molecule has 2 heterocycles. The minimum Gasteiger partial charge on any atom is -0.452 e. The summed E-state index contributed by atoms with van der Waals surface area (Å²) in [4.78, 5) is 27.9. The van der Waals surface area contributed by atoms with Crippen LogP contribution in [-0.2, 0) is 15.7 Å². The number of amides is 1. The Balaban J connectivity index is 1.65. The molecule has 0 aliphatic rings. The predicted octanol–water partition coefficient (Wildman–Crippen LogP) is 4.04. The van der Waals surface area contributed by atoms with Crippen molar-refractivity contribution in [3.05, 3.63) is 70.6 Å². The van der Waals surface area contributed by atoms with Crippen LogP contribution in [0.1, 0.15) is 21.6 Å². The fourth-order valence-corrected chi connectivity index (χ4v) is 2.68. The van der Waals surface area contributed by atoms with E-state index in [4.69, 9.17) is 16.3 Å². The average molecular weight is 439 g/mol. The molecule has 0 saturated carbocycles. The van der Waals surface area contributed by atoms with Gasteiger partial charge >= 0.3 is 12.1 Å². The summed E-state index contributed by atoms with van der Waals surface area (Å²) in [5.41, 5.74) is -0.114. The first kappa shape index (κ1) is 21.3. The number of halogens is 4. The maximum atomic E-state index is 12.7. The maximum Gasteiger partial charge on any atom is 0.417 e. The number of carbonyl (C=O) groups excluding carboxylic acids is 2. The van der Waals surface area contributed by atoms with Gasteiger partial charge < -0.3 is 10.1 Å². The number of alkyl halides is 3. The van der Waals surface area contributed by atoms with Gasteiger partial charge in [0.15, 0.2) is 12.4 Å². The number of ether oxygens (including phenoxy) is 1. The van der Waals surface area contributed by atoms with Crippen LogP contribution in [0.5, 0.6) is 0 Å². The van der Waals surface area contributed by atoms with Crippen LogP contribution in [0, 0.1) is 6.92 Å². The van der Waals surface area contributed by atoms with Gasteiger partial charge in [-0.2, -0.15) is 18.3 Å². The molecule has 0 unspecified atom stereocenters. The van der Waals surface area contributed by atoms with E-state index in [1.54, 1.807) is 18.2 Å².